The molecule has 3 heterocycles. The number of anilines is 1. The minimum absolute atomic E-state index is 0.113. The second-order valence-corrected chi connectivity index (χ2v) is 9.60. The molecule has 2 amide bonds. The third-order valence-corrected chi connectivity index (χ3v) is 7.14. The van der Waals surface area contributed by atoms with E-state index >= 15 is 0 Å². The maximum Gasteiger partial charge on any atom is 0.417 e. The average Bonchev–Trinajstić information content (AvgIpc) is 3.41. The lowest BCUT2D eigenvalue weighted by Crippen LogP contribution is -2.44. The van der Waals surface area contributed by atoms with Crippen LogP contribution in [0.25, 0.3) is 0 Å². The highest BCUT2D eigenvalue weighted by Crippen LogP contribution is 2.46. The molecule has 2 aromatic rings. The molecule has 0 saturated carbocycles. The number of imidazole rings is 1. The largest absolute Gasteiger partial charge is 0.417 e. The zero-order valence-electron chi connectivity index (χ0n) is 19.8. The number of aryl methyl sites for hydroxylation is 1. The fourth-order valence-corrected chi connectivity index (χ4v) is 5.16. The highest BCUT2D eigenvalue weighted by molar-refractivity contribution is 5.92. The first kappa shape index (κ1) is 24.6. The summed E-state index contributed by atoms with van der Waals surface area (Å²) in [5.74, 6) is -0.300. The van der Waals surface area contributed by atoms with E-state index in [2.05, 4.69) is 4.98 Å². The molecule has 2 saturated heterocycles. The van der Waals surface area contributed by atoms with E-state index in [4.69, 9.17) is 5.26 Å². The van der Waals surface area contributed by atoms with Crippen molar-refractivity contribution < 1.29 is 22.8 Å². The molecule has 11 heteroatoms. The number of halogens is 3. The van der Waals surface area contributed by atoms with Crippen molar-refractivity contribution in [2.75, 3.05) is 38.6 Å². The van der Waals surface area contributed by atoms with Gasteiger partial charge in [0.25, 0.3) is 5.91 Å². The molecule has 186 valence electrons. The second kappa shape index (κ2) is 8.91. The molecule has 2 aliphatic rings. The first-order valence-electron chi connectivity index (χ1n) is 11.3. The summed E-state index contributed by atoms with van der Waals surface area (Å²) in [6.07, 6.45) is 0.159. The number of likely N-dealkylation sites (tertiary alicyclic amines) is 1. The van der Waals surface area contributed by atoms with Crippen molar-refractivity contribution in [3.63, 3.8) is 0 Å². The summed E-state index contributed by atoms with van der Waals surface area (Å²) in [5, 5.41) is 9.14. The van der Waals surface area contributed by atoms with Crippen LogP contribution in [0, 0.1) is 16.7 Å². The molecule has 0 aliphatic carbocycles. The Bertz CT molecular complexity index is 1170. The van der Waals surface area contributed by atoms with E-state index in [1.807, 2.05) is 0 Å². The quantitative estimate of drug-likeness (QED) is 0.663. The van der Waals surface area contributed by atoms with Gasteiger partial charge in [-0.25, -0.2) is 4.98 Å². The fourth-order valence-electron chi connectivity index (χ4n) is 5.16. The summed E-state index contributed by atoms with van der Waals surface area (Å²) in [5.41, 5.74) is -1.02. The predicted molar refractivity (Wildman–Crippen MR) is 121 cm³/mol. The third-order valence-electron chi connectivity index (χ3n) is 7.14. The Kier molecular flexibility index (Phi) is 6.25. The summed E-state index contributed by atoms with van der Waals surface area (Å²) < 4.78 is 42.5. The van der Waals surface area contributed by atoms with Gasteiger partial charge in [0.1, 0.15) is 11.7 Å². The summed E-state index contributed by atoms with van der Waals surface area (Å²) in [7, 11) is 5.01. The summed E-state index contributed by atoms with van der Waals surface area (Å²) in [6.45, 7) is 1.37. The van der Waals surface area contributed by atoms with E-state index in [1.54, 1.807) is 47.9 Å². The molecule has 35 heavy (non-hydrogen) atoms. The average molecular weight is 489 g/mol. The number of carbonyl (C=O) groups excluding carboxylic acids is 2. The number of rotatable bonds is 3. The van der Waals surface area contributed by atoms with Crippen LogP contribution < -0.4 is 4.90 Å². The summed E-state index contributed by atoms with van der Waals surface area (Å²) in [4.78, 5) is 34.9. The summed E-state index contributed by atoms with van der Waals surface area (Å²) >= 11 is 0. The molecular weight excluding hydrogens is 461 g/mol. The molecule has 0 N–H and O–H groups in total. The predicted octanol–water partition coefficient (Wildman–Crippen LogP) is 2.90. The maximum atomic E-state index is 13.6. The summed E-state index contributed by atoms with van der Waals surface area (Å²) in [6, 6.07) is 4.58. The molecule has 2 aliphatic heterocycles. The number of hydrogen-bond donors (Lipinski definition) is 0. The normalized spacial score (nSPS) is 19.6. The first-order valence-corrected chi connectivity index (χ1v) is 11.3. The van der Waals surface area contributed by atoms with E-state index in [-0.39, 0.29) is 22.9 Å². The number of carbonyl (C=O) groups is 2. The minimum atomic E-state index is -4.68. The first-order chi connectivity index (χ1) is 16.5. The molecule has 1 aromatic heterocycles. The smallest absolute Gasteiger partial charge is 0.359 e. The maximum absolute atomic E-state index is 13.6. The molecule has 1 spiro atoms. The Morgan fingerprint density at radius 3 is 2.46 bits per heavy atom. The molecule has 1 unspecified atom stereocenters. The van der Waals surface area contributed by atoms with Crippen LogP contribution in [0.4, 0.5) is 18.9 Å². The molecule has 0 bridgehead atoms. The zero-order chi connectivity index (χ0) is 25.5. The molecule has 0 radical (unpaired) electrons. The molecular formula is C24H27F3N6O2. The molecule has 1 atom stereocenters. The van der Waals surface area contributed by atoms with Crippen LogP contribution in [0.5, 0.6) is 0 Å². The van der Waals surface area contributed by atoms with Crippen LogP contribution in [0.2, 0.25) is 0 Å². The number of aromatic nitrogens is 2. The highest BCUT2D eigenvalue weighted by atomic mass is 19.4. The van der Waals surface area contributed by atoms with E-state index in [1.165, 1.54) is 17.2 Å². The Morgan fingerprint density at radius 1 is 1.23 bits per heavy atom. The number of likely N-dealkylation sites (N-methyl/N-ethyl adjacent to an activating group) is 1. The lowest BCUT2D eigenvalue weighted by molar-refractivity contribution is -0.137. The topological polar surface area (TPSA) is 85.5 Å². The zero-order valence-corrected chi connectivity index (χ0v) is 19.8. The van der Waals surface area contributed by atoms with Gasteiger partial charge >= 0.3 is 6.18 Å². The van der Waals surface area contributed by atoms with Crippen molar-refractivity contribution in [2.45, 2.75) is 31.5 Å². The standard InChI is InChI=1S/C24H27F3N6O2/c1-30(2)21(34)19-11-23(6-8-32(9-7-23)22(35)20-13-29-15-31(20)3)14-33(19)17-5-4-16(12-28)18(10-17)24(25,26)27/h4-5,10,13,15,19H,6-9,11,14H2,1-3H3. The van der Waals surface area contributed by atoms with Crippen LogP contribution in [0.3, 0.4) is 0 Å². The Hall–Kier alpha value is -3.55. The van der Waals surface area contributed by atoms with Gasteiger partial charge in [-0.15, -0.1) is 0 Å². The lowest BCUT2D eigenvalue weighted by Gasteiger charge is -2.39. The van der Waals surface area contributed by atoms with Crippen molar-refractivity contribution in [3.05, 3.63) is 47.5 Å². The van der Waals surface area contributed by atoms with Crippen LogP contribution in [-0.4, -0.2) is 70.9 Å². The van der Waals surface area contributed by atoms with Crippen LogP contribution in [-0.2, 0) is 18.0 Å². The number of alkyl halides is 3. The Labute approximate surface area is 201 Å². The second-order valence-electron chi connectivity index (χ2n) is 9.60. The number of hydrogen-bond acceptors (Lipinski definition) is 5. The van der Waals surface area contributed by atoms with Gasteiger partial charge in [0.05, 0.1) is 29.7 Å². The van der Waals surface area contributed by atoms with Gasteiger partial charge in [-0.1, -0.05) is 0 Å². The number of piperidine rings is 1. The van der Waals surface area contributed by atoms with E-state index in [0.29, 0.717) is 44.6 Å². The third kappa shape index (κ3) is 4.57. The monoisotopic (exact) mass is 488 g/mol. The lowest BCUT2D eigenvalue weighted by atomic mass is 9.76. The molecule has 4 rings (SSSR count). The van der Waals surface area contributed by atoms with Gasteiger partial charge in [-0.2, -0.15) is 18.4 Å². The van der Waals surface area contributed by atoms with Gasteiger partial charge in [0.2, 0.25) is 5.91 Å². The van der Waals surface area contributed by atoms with Crippen molar-refractivity contribution in [3.8, 4) is 6.07 Å². The Morgan fingerprint density at radius 2 is 1.91 bits per heavy atom. The number of nitrogens with zero attached hydrogens (tertiary/aromatic N) is 6. The van der Waals surface area contributed by atoms with Crippen molar-refractivity contribution >= 4 is 17.5 Å². The van der Waals surface area contributed by atoms with Gasteiger partial charge < -0.3 is 19.3 Å². The van der Waals surface area contributed by atoms with Crippen LogP contribution >= 0.6 is 0 Å². The number of amides is 2. The van der Waals surface area contributed by atoms with Gasteiger partial charge in [0, 0.05) is 46.5 Å². The van der Waals surface area contributed by atoms with Gasteiger partial charge in [-0.05, 0) is 42.9 Å². The van der Waals surface area contributed by atoms with E-state index in [0.717, 1.165) is 12.1 Å². The van der Waals surface area contributed by atoms with E-state index < -0.39 is 23.3 Å². The minimum Gasteiger partial charge on any atom is -0.359 e. The van der Waals surface area contributed by atoms with Crippen molar-refractivity contribution in [1.82, 2.24) is 19.4 Å². The molecule has 1 aromatic carbocycles. The van der Waals surface area contributed by atoms with Crippen LogP contribution in [0.15, 0.2) is 30.7 Å². The van der Waals surface area contributed by atoms with E-state index in [9.17, 15) is 22.8 Å². The van der Waals surface area contributed by atoms with Crippen molar-refractivity contribution in [2.24, 2.45) is 12.5 Å². The molecule has 8 nitrogen and oxygen atoms in total. The van der Waals surface area contributed by atoms with Crippen LogP contribution in [0.1, 0.15) is 40.9 Å². The number of benzene rings is 1. The van der Waals surface area contributed by atoms with Gasteiger partial charge in [0.15, 0.2) is 0 Å². The fraction of sp³-hybridized carbons (Fsp3) is 0.500. The SMILES string of the molecule is CN(C)C(=O)C1CC2(CCN(C(=O)c3cncn3C)CC2)CN1c1ccc(C#N)c(C(F)(F)F)c1. The Balaban J connectivity index is 1.60. The van der Waals surface area contributed by atoms with Gasteiger partial charge in [-0.3, -0.25) is 9.59 Å². The number of nitriles is 1. The van der Waals surface area contributed by atoms with Crippen molar-refractivity contribution in [1.29, 1.82) is 5.26 Å². The highest BCUT2D eigenvalue weighted by Gasteiger charge is 2.49. The molecule has 2 fully saturated rings.